The van der Waals surface area contributed by atoms with E-state index in [9.17, 15) is 4.79 Å². The third-order valence-electron chi connectivity index (χ3n) is 6.52. The summed E-state index contributed by atoms with van der Waals surface area (Å²) < 4.78 is 5.28. The van der Waals surface area contributed by atoms with Crippen molar-refractivity contribution < 1.29 is 47.0 Å². The number of carbonyl (C=O) groups is 1. The van der Waals surface area contributed by atoms with Gasteiger partial charge >= 0.3 is 190 Å². The molecular weight excluding hydrogens is 489 g/mol. The third kappa shape index (κ3) is 6.49. The SMILES string of the molecule is CCCCC(=O)[NH][Ti+2]([C]1=C(C)C(C)=C(C)C1C)[SiH](c1ccccc1)c1ccccc1.[Cl-].[Cl-]. The van der Waals surface area contributed by atoms with Gasteiger partial charge in [0, 0.05) is 0 Å². The molecule has 0 radical (unpaired) electrons. The molecule has 0 aromatic heterocycles. The van der Waals surface area contributed by atoms with Crippen LogP contribution in [0.5, 0.6) is 0 Å². The van der Waals surface area contributed by atoms with Gasteiger partial charge in [-0.1, -0.05) is 0 Å². The second kappa shape index (κ2) is 13.6. The Labute approximate surface area is 213 Å². The Morgan fingerprint density at radius 1 is 0.906 bits per heavy atom. The van der Waals surface area contributed by atoms with Gasteiger partial charge in [0.25, 0.3) is 0 Å². The molecule has 1 aliphatic carbocycles. The van der Waals surface area contributed by atoms with Gasteiger partial charge in [0.15, 0.2) is 0 Å². The predicted molar refractivity (Wildman–Crippen MR) is 127 cm³/mol. The number of unbranched alkanes of at least 4 members (excludes halogenated alkanes) is 1. The molecular formula is C26H34Cl2NOSiTi. The van der Waals surface area contributed by atoms with Crippen molar-refractivity contribution in [2.24, 2.45) is 5.92 Å². The Balaban J connectivity index is 0.00000256. The summed E-state index contributed by atoms with van der Waals surface area (Å²) in [6, 6.07) is 22.0. The summed E-state index contributed by atoms with van der Waals surface area (Å²) in [4.78, 5) is 13.0. The normalized spacial score (nSPS) is 15.4. The van der Waals surface area contributed by atoms with E-state index in [4.69, 9.17) is 0 Å². The van der Waals surface area contributed by atoms with Gasteiger partial charge in [-0.2, -0.15) is 0 Å². The van der Waals surface area contributed by atoms with E-state index in [1.165, 1.54) is 27.1 Å². The number of benzene rings is 2. The fourth-order valence-corrected chi connectivity index (χ4v) is 19.7. The van der Waals surface area contributed by atoms with Crippen molar-refractivity contribution in [1.29, 1.82) is 0 Å². The molecule has 2 nitrogen and oxygen atoms in total. The minimum Gasteiger partial charge on any atom is -1.00 e. The first-order chi connectivity index (χ1) is 14.5. The van der Waals surface area contributed by atoms with Crippen LogP contribution in [0.1, 0.15) is 53.9 Å². The molecule has 0 heterocycles. The molecule has 0 aliphatic heterocycles. The molecule has 1 aliphatic rings. The van der Waals surface area contributed by atoms with Gasteiger partial charge in [0.2, 0.25) is 0 Å². The number of hydrogen-bond donors (Lipinski definition) is 1. The number of carbonyl (C=O) groups excluding carboxylic acids is 1. The Morgan fingerprint density at radius 3 is 1.81 bits per heavy atom. The van der Waals surface area contributed by atoms with Crippen molar-refractivity contribution in [3.8, 4) is 0 Å². The maximum absolute atomic E-state index is 13.0. The van der Waals surface area contributed by atoms with E-state index in [-0.39, 0.29) is 30.7 Å². The first-order valence-electron chi connectivity index (χ1n) is 11.1. The topological polar surface area (TPSA) is 29.1 Å². The van der Waals surface area contributed by atoms with Crippen LogP contribution >= 0.6 is 0 Å². The fourth-order valence-electron chi connectivity index (χ4n) is 4.46. The monoisotopic (exact) mass is 522 g/mol. The summed E-state index contributed by atoms with van der Waals surface area (Å²) in [6.45, 7) is 9.71. The second-order valence-electron chi connectivity index (χ2n) is 8.39. The Hall–Kier alpha value is -1.10. The number of nitrogens with one attached hydrogen (secondary N) is 1. The summed E-state index contributed by atoms with van der Waals surface area (Å²) in [5.74, 6) is 0.694. The molecule has 3 rings (SSSR count). The van der Waals surface area contributed by atoms with Crippen molar-refractivity contribution in [2.45, 2.75) is 53.9 Å². The van der Waals surface area contributed by atoms with Crippen molar-refractivity contribution in [3.05, 3.63) is 81.3 Å². The minimum atomic E-state index is -2.14. The molecule has 1 amide bonds. The van der Waals surface area contributed by atoms with E-state index in [2.05, 4.69) is 99.1 Å². The van der Waals surface area contributed by atoms with Crippen LogP contribution in [-0.2, 0) is 22.2 Å². The number of halogens is 2. The van der Waals surface area contributed by atoms with E-state index in [1.807, 2.05) is 0 Å². The van der Waals surface area contributed by atoms with Crippen LogP contribution in [0, 0.1) is 5.92 Å². The smallest absolute Gasteiger partial charge is 1.00 e. The van der Waals surface area contributed by atoms with Crippen LogP contribution in [0.25, 0.3) is 0 Å². The van der Waals surface area contributed by atoms with E-state index in [0.717, 1.165) is 12.8 Å². The number of allylic oxidation sites excluding steroid dienone is 4. The van der Waals surface area contributed by atoms with Gasteiger partial charge in [-0.05, 0) is 0 Å². The van der Waals surface area contributed by atoms with E-state index in [0.29, 0.717) is 12.3 Å². The standard InChI is InChI=1S/C12H11Si.C9H13.C5H11NO.2ClH.Ti/c1-3-7-11(8-4-1)13-12-9-5-2-6-10-12;1-6-5-7(2)9(4)8(6)3;1-2-3-4-5(6)7;;;/h1-10,13H;6H,1-4H3;2-4H2,1H3,(H2,6,7);2*1H;/q;;;;;+3/p-3. The van der Waals surface area contributed by atoms with Crippen molar-refractivity contribution in [2.75, 3.05) is 0 Å². The minimum absolute atomic E-state index is 0. The molecule has 6 heteroatoms. The predicted octanol–water partition coefficient (Wildman–Crippen LogP) is -1.37. The number of rotatable bonds is 8. The number of amides is 1. The first kappa shape index (κ1) is 28.9. The van der Waals surface area contributed by atoms with Crippen LogP contribution in [-0.4, -0.2) is 12.6 Å². The van der Waals surface area contributed by atoms with Gasteiger partial charge in [0.1, 0.15) is 0 Å². The molecule has 0 fully saturated rings. The molecule has 1 unspecified atom stereocenters. The second-order valence-corrected chi connectivity index (χ2v) is 18.2. The first-order valence-corrected chi connectivity index (χ1v) is 17.1. The molecule has 2 aromatic carbocycles. The largest absolute Gasteiger partial charge is 1.00 e. The molecule has 0 bridgehead atoms. The van der Waals surface area contributed by atoms with Crippen LogP contribution in [0.2, 0.25) is 0 Å². The van der Waals surface area contributed by atoms with Crippen LogP contribution in [0.3, 0.4) is 0 Å². The van der Waals surface area contributed by atoms with E-state index in [1.54, 1.807) is 3.88 Å². The Kier molecular flexibility index (Phi) is 12.3. The van der Waals surface area contributed by atoms with Gasteiger partial charge in [-0.15, -0.1) is 0 Å². The quantitative estimate of drug-likeness (QED) is 0.426. The number of hydrogen-bond acceptors (Lipinski definition) is 1. The average molecular weight is 523 g/mol. The average Bonchev–Trinajstić information content (AvgIpc) is 2.96. The molecule has 0 saturated heterocycles. The summed E-state index contributed by atoms with van der Waals surface area (Å²) in [5.41, 5.74) is 4.35. The summed E-state index contributed by atoms with van der Waals surface area (Å²) >= 11 is -2.14. The fraction of sp³-hybridized carbons (Fsp3) is 0.346. The molecule has 171 valence electrons. The zero-order valence-corrected chi connectivity index (χ0v) is 23.9. The Morgan fingerprint density at radius 2 is 1.41 bits per heavy atom. The maximum atomic E-state index is 13.0. The molecule has 1 atom stereocenters. The molecule has 32 heavy (non-hydrogen) atoms. The van der Waals surface area contributed by atoms with E-state index >= 15 is 0 Å². The van der Waals surface area contributed by atoms with Crippen LogP contribution in [0.15, 0.2) is 81.3 Å². The summed E-state index contributed by atoms with van der Waals surface area (Å²) in [5, 5.41) is 2.90. The zero-order valence-electron chi connectivity index (χ0n) is 19.7. The van der Waals surface area contributed by atoms with Gasteiger partial charge in [-0.3, -0.25) is 0 Å². The summed E-state index contributed by atoms with van der Waals surface area (Å²) in [6.07, 6.45) is 2.66. The molecule has 2 aromatic rings. The zero-order chi connectivity index (χ0) is 21.7. The summed E-state index contributed by atoms with van der Waals surface area (Å²) in [7, 11) is 0. The Bertz CT molecular complexity index is 907. The van der Waals surface area contributed by atoms with Crippen LogP contribution in [0.4, 0.5) is 0 Å². The van der Waals surface area contributed by atoms with Gasteiger partial charge in [0.05, 0.1) is 0 Å². The van der Waals surface area contributed by atoms with Gasteiger partial charge in [-0.25, -0.2) is 0 Å². The van der Waals surface area contributed by atoms with Crippen molar-refractivity contribution in [3.63, 3.8) is 0 Å². The van der Waals surface area contributed by atoms with Gasteiger partial charge < -0.3 is 24.8 Å². The van der Waals surface area contributed by atoms with E-state index < -0.39 is 24.0 Å². The molecule has 1 N–H and O–H groups in total. The molecule has 0 saturated carbocycles. The van der Waals surface area contributed by atoms with Crippen molar-refractivity contribution >= 4 is 22.9 Å². The maximum Gasteiger partial charge on any atom is -1.00 e. The third-order valence-corrected chi connectivity index (χ3v) is 19.9. The van der Waals surface area contributed by atoms with Crippen LogP contribution < -0.4 is 39.0 Å². The van der Waals surface area contributed by atoms with Crippen molar-refractivity contribution in [1.82, 2.24) is 3.80 Å². The molecule has 0 spiro atoms.